The van der Waals surface area contributed by atoms with Crippen molar-refractivity contribution >= 4 is 28.6 Å². The third-order valence-corrected chi connectivity index (χ3v) is 4.44. The maximum atomic E-state index is 13.2. The molecule has 4 aromatic rings. The number of pyridine rings is 1. The molecule has 0 spiro atoms. The van der Waals surface area contributed by atoms with Gasteiger partial charge in [-0.3, -0.25) is 15.5 Å². The molecule has 0 saturated carbocycles. The quantitative estimate of drug-likeness (QED) is 0.297. The predicted octanol–water partition coefficient (Wildman–Crippen LogP) is 4.58. The van der Waals surface area contributed by atoms with E-state index in [4.69, 9.17) is 0 Å². The molecule has 144 valence electrons. The minimum absolute atomic E-state index is 0.0730. The fraction of sp³-hybridized carbons (Fsp3) is 0.0476. The summed E-state index contributed by atoms with van der Waals surface area (Å²) in [7, 11) is 0. The summed E-state index contributed by atoms with van der Waals surface area (Å²) in [6.07, 6.45) is 4.99. The smallest absolute Gasteiger partial charge is 0.313 e. The van der Waals surface area contributed by atoms with Crippen molar-refractivity contribution in [2.45, 2.75) is 6.54 Å². The van der Waals surface area contributed by atoms with E-state index in [2.05, 4.69) is 15.5 Å². The van der Waals surface area contributed by atoms with Gasteiger partial charge in [0.25, 0.3) is 0 Å². The molecule has 7 nitrogen and oxygen atoms in total. The summed E-state index contributed by atoms with van der Waals surface area (Å²) < 4.78 is 15.2. The molecule has 0 aliphatic carbocycles. The molecule has 8 heteroatoms. The van der Waals surface area contributed by atoms with Crippen LogP contribution in [0, 0.1) is 15.9 Å². The Labute approximate surface area is 165 Å². The van der Waals surface area contributed by atoms with Crippen molar-refractivity contribution in [3.63, 3.8) is 0 Å². The molecule has 2 aromatic carbocycles. The molecular weight excluding hydrogens is 373 g/mol. The van der Waals surface area contributed by atoms with Gasteiger partial charge in [-0.15, -0.1) is 0 Å². The van der Waals surface area contributed by atoms with Crippen LogP contribution in [0.25, 0.3) is 10.9 Å². The number of anilines is 1. The number of nitro groups is 1. The Hall–Kier alpha value is -4.07. The summed E-state index contributed by atoms with van der Waals surface area (Å²) in [5.41, 5.74) is 5.30. The van der Waals surface area contributed by atoms with Crippen molar-refractivity contribution in [3.8, 4) is 0 Å². The van der Waals surface area contributed by atoms with E-state index < -0.39 is 4.92 Å². The van der Waals surface area contributed by atoms with Gasteiger partial charge in [0.05, 0.1) is 11.1 Å². The highest BCUT2D eigenvalue weighted by molar-refractivity contribution is 5.99. The average Bonchev–Trinajstić information content (AvgIpc) is 3.08. The Bertz CT molecular complexity index is 1200. The Morgan fingerprint density at radius 1 is 1.14 bits per heavy atom. The zero-order valence-electron chi connectivity index (χ0n) is 15.2. The number of hydrogen-bond donors (Lipinski definition) is 1. The van der Waals surface area contributed by atoms with Gasteiger partial charge in [0, 0.05) is 41.5 Å². The molecule has 0 saturated heterocycles. The topological polar surface area (TPSA) is 85.3 Å². The predicted molar refractivity (Wildman–Crippen MR) is 110 cm³/mol. The van der Waals surface area contributed by atoms with Crippen LogP contribution < -0.4 is 5.43 Å². The molecule has 29 heavy (non-hydrogen) atoms. The molecule has 0 unspecified atom stereocenters. The van der Waals surface area contributed by atoms with Gasteiger partial charge in [0.2, 0.25) is 5.82 Å². The van der Waals surface area contributed by atoms with Gasteiger partial charge in [-0.2, -0.15) is 5.10 Å². The first kappa shape index (κ1) is 18.3. The number of nitrogens with zero attached hydrogens (tertiary/aromatic N) is 4. The SMILES string of the molecule is O=[N+]([O-])c1cccnc1N/N=C\c1cn(Cc2ccc(F)cc2)c2ccccc12. The highest BCUT2D eigenvalue weighted by Gasteiger charge is 2.13. The molecule has 0 aliphatic heterocycles. The lowest BCUT2D eigenvalue weighted by atomic mass is 10.2. The molecule has 1 N–H and O–H groups in total. The van der Waals surface area contributed by atoms with E-state index in [1.807, 2.05) is 35.0 Å². The zero-order valence-corrected chi connectivity index (χ0v) is 15.2. The summed E-state index contributed by atoms with van der Waals surface area (Å²) in [5.74, 6) is -0.197. The van der Waals surface area contributed by atoms with Crippen LogP contribution in [-0.4, -0.2) is 20.7 Å². The van der Waals surface area contributed by atoms with E-state index in [1.165, 1.54) is 30.5 Å². The molecule has 0 radical (unpaired) electrons. The number of aromatic nitrogens is 2. The molecule has 0 atom stereocenters. The number of fused-ring (bicyclic) bond motifs is 1. The first-order chi connectivity index (χ1) is 14.1. The Kier molecular flexibility index (Phi) is 4.98. The highest BCUT2D eigenvalue weighted by Crippen LogP contribution is 2.23. The lowest BCUT2D eigenvalue weighted by Gasteiger charge is -2.05. The molecule has 0 aliphatic rings. The lowest BCUT2D eigenvalue weighted by molar-refractivity contribution is -0.384. The number of benzene rings is 2. The van der Waals surface area contributed by atoms with Crippen molar-refractivity contribution in [1.82, 2.24) is 9.55 Å². The number of hydrazone groups is 1. The minimum Gasteiger partial charge on any atom is -0.342 e. The van der Waals surface area contributed by atoms with Crippen molar-refractivity contribution in [2.24, 2.45) is 5.10 Å². The van der Waals surface area contributed by atoms with Crippen molar-refractivity contribution in [2.75, 3.05) is 5.43 Å². The van der Waals surface area contributed by atoms with Gasteiger partial charge < -0.3 is 4.57 Å². The van der Waals surface area contributed by atoms with E-state index in [1.54, 1.807) is 18.3 Å². The maximum absolute atomic E-state index is 13.2. The number of nitrogens with one attached hydrogen (secondary N) is 1. The van der Waals surface area contributed by atoms with Crippen LogP contribution in [0.4, 0.5) is 15.9 Å². The molecule has 0 fully saturated rings. The summed E-state index contributed by atoms with van der Waals surface area (Å²) in [6, 6.07) is 17.1. The van der Waals surface area contributed by atoms with E-state index in [-0.39, 0.29) is 17.3 Å². The van der Waals surface area contributed by atoms with Crippen molar-refractivity contribution in [3.05, 3.63) is 100 Å². The number of hydrogen-bond acceptors (Lipinski definition) is 5. The minimum atomic E-state index is -0.514. The largest absolute Gasteiger partial charge is 0.342 e. The standard InChI is InChI=1S/C21H16FN5O2/c22-17-9-7-15(8-10-17)13-26-14-16(18-4-1-2-5-19(18)26)12-24-25-21-20(27(28)29)6-3-11-23-21/h1-12,14H,13H2,(H,23,25)/b24-12-. The average molecular weight is 389 g/mol. The maximum Gasteiger partial charge on any atom is 0.313 e. The van der Waals surface area contributed by atoms with Crippen LogP contribution in [-0.2, 0) is 6.54 Å². The third kappa shape index (κ3) is 3.96. The van der Waals surface area contributed by atoms with Crippen molar-refractivity contribution < 1.29 is 9.31 Å². The summed E-state index contributed by atoms with van der Waals surface area (Å²) >= 11 is 0. The Morgan fingerprint density at radius 2 is 1.93 bits per heavy atom. The number of halogens is 1. The molecule has 2 heterocycles. The van der Waals surface area contributed by atoms with E-state index in [9.17, 15) is 14.5 Å². The molecule has 0 bridgehead atoms. The Balaban J connectivity index is 1.62. The van der Waals surface area contributed by atoms with E-state index in [0.717, 1.165) is 22.0 Å². The summed E-state index contributed by atoms with van der Waals surface area (Å²) in [6.45, 7) is 0.577. The Morgan fingerprint density at radius 3 is 2.72 bits per heavy atom. The van der Waals surface area contributed by atoms with Crippen LogP contribution in [0.2, 0.25) is 0 Å². The molecule has 0 amide bonds. The second-order valence-electron chi connectivity index (χ2n) is 6.35. The lowest BCUT2D eigenvalue weighted by Crippen LogP contribution is -1.99. The van der Waals surface area contributed by atoms with Crippen molar-refractivity contribution in [1.29, 1.82) is 0 Å². The second-order valence-corrected chi connectivity index (χ2v) is 6.35. The molecule has 4 rings (SSSR count). The van der Waals surface area contributed by atoms with Gasteiger partial charge in [-0.1, -0.05) is 30.3 Å². The van der Waals surface area contributed by atoms with Gasteiger partial charge >= 0.3 is 5.69 Å². The van der Waals surface area contributed by atoms with Gasteiger partial charge in [-0.25, -0.2) is 9.37 Å². The first-order valence-corrected chi connectivity index (χ1v) is 8.82. The monoisotopic (exact) mass is 389 g/mol. The van der Waals surface area contributed by atoms with Crippen LogP contribution in [0.3, 0.4) is 0 Å². The summed E-state index contributed by atoms with van der Waals surface area (Å²) in [4.78, 5) is 14.5. The van der Waals surface area contributed by atoms with E-state index >= 15 is 0 Å². The van der Waals surface area contributed by atoms with Gasteiger partial charge in [0.1, 0.15) is 5.82 Å². The van der Waals surface area contributed by atoms with Gasteiger partial charge in [-0.05, 0) is 29.8 Å². The van der Waals surface area contributed by atoms with Crippen LogP contribution >= 0.6 is 0 Å². The molecular formula is C21H16FN5O2. The normalized spacial score (nSPS) is 11.2. The number of rotatable bonds is 6. The highest BCUT2D eigenvalue weighted by atomic mass is 19.1. The number of para-hydroxylation sites is 1. The molecule has 2 aromatic heterocycles. The van der Waals surface area contributed by atoms with Crippen LogP contribution in [0.1, 0.15) is 11.1 Å². The fourth-order valence-electron chi connectivity index (χ4n) is 3.09. The summed E-state index contributed by atoms with van der Waals surface area (Å²) in [5, 5.41) is 16.2. The zero-order chi connectivity index (χ0) is 20.2. The first-order valence-electron chi connectivity index (χ1n) is 8.82. The van der Waals surface area contributed by atoms with Gasteiger partial charge in [0.15, 0.2) is 0 Å². The van der Waals surface area contributed by atoms with Crippen LogP contribution in [0.5, 0.6) is 0 Å². The second kappa shape index (κ2) is 7.89. The fourth-order valence-corrected chi connectivity index (χ4v) is 3.09. The van der Waals surface area contributed by atoms with E-state index in [0.29, 0.717) is 6.54 Å². The third-order valence-electron chi connectivity index (χ3n) is 4.44. The van der Waals surface area contributed by atoms with Crippen LogP contribution in [0.15, 0.2) is 78.2 Å².